The zero-order valence-corrected chi connectivity index (χ0v) is 27.4. The molecule has 0 aliphatic carbocycles. The van der Waals surface area contributed by atoms with Gasteiger partial charge in [-0.2, -0.15) is 0 Å². The molecule has 0 amide bonds. The molecule has 0 aliphatic rings. The number of carboxylic acid groups (broad SMARTS) is 2. The van der Waals surface area contributed by atoms with E-state index in [4.69, 9.17) is 9.05 Å². The van der Waals surface area contributed by atoms with Crippen molar-refractivity contribution in [2.75, 3.05) is 65.6 Å². The molecule has 0 fully saturated rings. The standard InChI is InChI=1S/C31H50N3O11P/c35-20-17-32(18-21-36)15-16-33(19-22-37)24-29(34(25-30(38)39)26-31(40)41)27-45-46(42,43)44-23-11-6-4-2-1-3-5-8-12-28-13-9-7-10-14-28/h7,9-10,13-14,20-22,29H,1-6,8,11-12,15-19,23-27H2,(H,38,39)(H,40,41)(H,42,43). The molecule has 0 aromatic heterocycles. The van der Waals surface area contributed by atoms with Gasteiger partial charge in [-0.25, -0.2) is 4.57 Å². The quantitative estimate of drug-likeness (QED) is 0.0593. The van der Waals surface area contributed by atoms with E-state index in [-0.39, 0.29) is 45.9 Å². The molecule has 0 aliphatic heterocycles. The Morgan fingerprint density at radius 2 is 1.24 bits per heavy atom. The Morgan fingerprint density at radius 1 is 0.739 bits per heavy atom. The Bertz CT molecular complexity index is 1040. The second-order valence-electron chi connectivity index (χ2n) is 11.0. The van der Waals surface area contributed by atoms with Crippen LogP contribution in [0.5, 0.6) is 0 Å². The highest BCUT2D eigenvalue weighted by molar-refractivity contribution is 7.47. The van der Waals surface area contributed by atoms with Crippen LogP contribution in [0.1, 0.15) is 56.9 Å². The number of aryl methyl sites for hydroxylation is 1. The van der Waals surface area contributed by atoms with Crippen LogP contribution in [0.4, 0.5) is 0 Å². The number of carbonyl (C=O) groups is 5. The van der Waals surface area contributed by atoms with Gasteiger partial charge in [0.2, 0.25) is 0 Å². The molecule has 260 valence electrons. The van der Waals surface area contributed by atoms with Crippen molar-refractivity contribution in [2.45, 2.75) is 63.8 Å². The maximum Gasteiger partial charge on any atom is 0.472 e. The summed E-state index contributed by atoms with van der Waals surface area (Å²) in [5.74, 6) is -2.65. The van der Waals surface area contributed by atoms with Gasteiger partial charge in [-0.05, 0) is 24.8 Å². The fourth-order valence-electron chi connectivity index (χ4n) is 4.88. The summed E-state index contributed by atoms with van der Waals surface area (Å²) in [6, 6.07) is 9.36. The van der Waals surface area contributed by atoms with Gasteiger partial charge < -0.3 is 29.5 Å². The van der Waals surface area contributed by atoms with Gasteiger partial charge in [0.05, 0.1) is 45.9 Å². The van der Waals surface area contributed by atoms with Crippen LogP contribution in [0.3, 0.4) is 0 Å². The molecule has 1 aromatic carbocycles. The third kappa shape index (κ3) is 21.0. The molecule has 2 atom stereocenters. The number of hydrogen-bond acceptors (Lipinski definition) is 11. The molecule has 0 radical (unpaired) electrons. The van der Waals surface area contributed by atoms with E-state index in [0.29, 0.717) is 25.3 Å². The SMILES string of the molecule is O=CCN(CC=O)CCN(CC=O)CC(COP(=O)(O)OCCCCCCCCCCc1ccccc1)N(CC(=O)O)CC(=O)O. The van der Waals surface area contributed by atoms with Gasteiger partial charge in [0.15, 0.2) is 0 Å². The second-order valence-corrected chi connectivity index (χ2v) is 12.5. The van der Waals surface area contributed by atoms with Crippen molar-refractivity contribution in [2.24, 2.45) is 0 Å². The molecule has 2 unspecified atom stereocenters. The minimum absolute atomic E-state index is 0.0232. The second kappa shape index (κ2) is 25.3. The smallest absolute Gasteiger partial charge is 0.472 e. The molecule has 0 saturated heterocycles. The van der Waals surface area contributed by atoms with Crippen molar-refractivity contribution in [1.82, 2.24) is 14.7 Å². The largest absolute Gasteiger partial charge is 0.480 e. The molecule has 14 nitrogen and oxygen atoms in total. The van der Waals surface area contributed by atoms with Crippen LogP contribution in [0.2, 0.25) is 0 Å². The molecule has 46 heavy (non-hydrogen) atoms. The fourth-order valence-corrected chi connectivity index (χ4v) is 5.68. The molecule has 0 heterocycles. The monoisotopic (exact) mass is 671 g/mol. The summed E-state index contributed by atoms with van der Waals surface area (Å²) in [6.45, 7) is -1.93. The first kappa shape index (κ1) is 41.2. The van der Waals surface area contributed by atoms with Gasteiger partial charge in [-0.15, -0.1) is 0 Å². The van der Waals surface area contributed by atoms with Crippen molar-refractivity contribution in [3.05, 3.63) is 35.9 Å². The minimum Gasteiger partial charge on any atom is -0.480 e. The van der Waals surface area contributed by atoms with Crippen LogP contribution in [0, 0.1) is 0 Å². The Hall–Kier alpha value is -2.84. The van der Waals surface area contributed by atoms with Gasteiger partial charge in [0.25, 0.3) is 0 Å². The topological polar surface area (TPSA) is 191 Å². The Morgan fingerprint density at radius 3 is 1.78 bits per heavy atom. The third-order valence-electron chi connectivity index (χ3n) is 7.28. The Balaban J connectivity index is 2.57. The number of carboxylic acids is 2. The fraction of sp³-hybridized carbons (Fsp3) is 0.645. The zero-order valence-electron chi connectivity index (χ0n) is 26.5. The predicted octanol–water partition coefficient (Wildman–Crippen LogP) is 2.52. The Labute approximate surface area is 271 Å². The molecule has 3 N–H and O–H groups in total. The van der Waals surface area contributed by atoms with E-state index in [0.717, 1.165) is 49.8 Å². The molecule has 0 bridgehead atoms. The van der Waals surface area contributed by atoms with Gasteiger partial charge in [-0.1, -0.05) is 68.9 Å². The highest BCUT2D eigenvalue weighted by atomic mass is 31.2. The van der Waals surface area contributed by atoms with Crippen LogP contribution in [0.25, 0.3) is 0 Å². The van der Waals surface area contributed by atoms with Gasteiger partial charge in [0, 0.05) is 25.7 Å². The zero-order chi connectivity index (χ0) is 34.0. The number of unbranched alkanes of at least 4 members (excludes halogenated alkanes) is 7. The van der Waals surface area contributed by atoms with Crippen molar-refractivity contribution >= 4 is 38.6 Å². The van der Waals surface area contributed by atoms with E-state index in [1.54, 1.807) is 4.90 Å². The van der Waals surface area contributed by atoms with Crippen LogP contribution < -0.4 is 0 Å². The number of aldehydes is 3. The van der Waals surface area contributed by atoms with E-state index in [1.165, 1.54) is 16.9 Å². The summed E-state index contributed by atoms with van der Waals surface area (Å²) in [7, 11) is -4.56. The number of nitrogens with zero attached hydrogens (tertiary/aromatic N) is 3. The van der Waals surface area contributed by atoms with E-state index < -0.39 is 45.5 Å². The molecule has 0 saturated carbocycles. The minimum atomic E-state index is -4.56. The molecular formula is C31H50N3O11P. The lowest BCUT2D eigenvalue weighted by molar-refractivity contribution is -0.143. The molecule has 1 rings (SSSR count). The number of benzene rings is 1. The van der Waals surface area contributed by atoms with Crippen LogP contribution in [-0.2, 0) is 44.0 Å². The maximum atomic E-state index is 12.6. The average molecular weight is 672 g/mol. The van der Waals surface area contributed by atoms with E-state index in [9.17, 15) is 43.6 Å². The van der Waals surface area contributed by atoms with Crippen molar-refractivity contribution in [3.63, 3.8) is 0 Å². The van der Waals surface area contributed by atoms with Gasteiger partial charge in [0.1, 0.15) is 18.9 Å². The van der Waals surface area contributed by atoms with E-state index in [1.807, 2.05) is 6.07 Å². The van der Waals surface area contributed by atoms with Crippen molar-refractivity contribution in [1.29, 1.82) is 0 Å². The average Bonchev–Trinajstić information content (AvgIpc) is 3.00. The van der Waals surface area contributed by atoms with Gasteiger partial charge in [-0.3, -0.25) is 33.3 Å². The number of hydrogen-bond donors (Lipinski definition) is 3. The van der Waals surface area contributed by atoms with Crippen molar-refractivity contribution in [3.8, 4) is 0 Å². The summed E-state index contributed by atoms with van der Waals surface area (Å²) in [5.41, 5.74) is 1.35. The summed E-state index contributed by atoms with van der Waals surface area (Å²) in [4.78, 5) is 70.5. The third-order valence-corrected chi connectivity index (χ3v) is 8.26. The predicted molar refractivity (Wildman–Crippen MR) is 171 cm³/mol. The summed E-state index contributed by atoms with van der Waals surface area (Å²) in [5, 5.41) is 18.7. The Kier molecular flexibility index (Phi) is 22.6. The number of rotatable bonds is 31. The van der Waals surface area contributed by atoms with Crippen LogP contribution >= 0.6 is 7.82 Å². The summed E-state index contributed by atoms with van der Waals surface area (Å²) in [6.07, 6.45) is 10.9. The number of carbonyl (C=O) groups excluding carboxylic acids is 3. The number of aliphatic carboxylic acids is 2. The number of phosphoric ester groups is 1. The first-order valence-electron chi connectivity index (χ1n) is 15.7. The molecule has 15 heteroatoms. The number of phosphoric acid groups is 1. The lowest BCUT2D eigenvalue weighted by Gasteiger charge is -2.34. The first-order chi connectivity index (χ1) is 22.1. The van der Waals surface area contributed by atoms with Crippen LogP contribution in [0.15, 0.2) is 30.3 Å². The molecular weight excluding hydrogens is 621 g/mol. The van der Waals surface area contributed by atoms with Crippen LogP contribution in [-0.4, -0.2) is 132 Å². The van der Waals surface area contributed by atoms with E-state index >= 15 is 0 Å². The lowest BCUT2D eigenvalue weighted by atomic mass is 10.0. The highest BCUT2D eigenvalue weighted by Gasteiger charge is 2.30. The lowest BCUT2D eigenvalue weighted by Crippen LogP contribution is -2.51. The van der Waals surface area contributed by atoms with E-state index in [2.05, 4.69) is 24.3 Å². The van der Waals surface area contributed by atoms with Crippen molar-refractivity contribution < 1.29 is 52.7 Å². The van der Waals surface area contributed by atoms with Gasteiger partial charge >= 0.3 is 19.8 Å². The summed E-state index contributed by atoms with van der Waals surface area (Å²) < 4.78 is 22.9. The maximum absolute atomic E-state index is 12.6. The molecule has 1 aromatic rings. The summed E-state index contributed by atoms with van der Waals surface area (Å²) >= 11 is 0. The molecule has 0 spiro atoms. The normalized spacial score (nSPS) is 13.5. The highest BCUT2D eigenvalue weighted by Crippen LogP contribution is 2.43. The first-order valence-corrected chi connectivity index (χ1v) is 17.2.